The Balaban J connectivity index is 2.59. The Morgan fingerprint density at radius 3 is 2.83 bits per heavy atom. The highest BCUT2D eigenvalue weighted by atomic mass is 35.5. The fourth-order valence-corrected chi connectivity index (χ4v) is 1.56. The van der Waals surface area contributed by atoms with E-state index in [-0.39, 0.29) is 29.3 Å². The summed E-state index contributed by atoms with van der Waals surface area (Å²) in [6.45, 7) is 2.00. The summed E-state index contributed by atoms with van der Waals surface area (Å²) < 4.78 is 10.3. The Labute approximate surface area is 106 Å². The molecule has 8 heteroatoms. The van der Waals surface area contributed by atoms with E-state index in [2.05, 4.69) is 10.2 Å². The monoisotopic (exact) mass is 269 g/mol. The van der Waals surface area contributed by atoms with Crippen LogP contribution in [0.25, 0.3) is 11.5 Å². The zero-order valence-corrected chi connectivity index (χ0v) is 10.0. The number of para-hydroxylation sites is 1. The molecule has 0 radical (unpaired) electrons. The van der Waals surface area contributed by atoms with Crippen molar-refractivity contribution in [2.45, 2.75) is 6.92 Å². The maximum atomic E-state index is 10.9. The zero-order chi connectivity index (χ0) is 13.1. The maximum Gasteiger partial charge on any atom is 0.313 e. The van der Waals surface area contributed by atoms with E-state index in [1.54, 1.807) is 13.0 Å². The van der Waals surface area contributed by atoms with Crippen LogP contribution in [0.15, 0.2) is 22.6 Å². The van der Waals surface area contributed by atoms with Gasteiger partial charge in [0.25, 0.3) is 5.89 Å². The third-order valence-corrected chi connectivity index (χ3v) is 2.26. The van der Waals surface area contributed by atoms with Gasteiger partial charge in [0.2, 0.25) is 5.75 Å². The molecule has 94 valence electrons. The van der Waals surface area contributed by atoms with Crippen LogP contribution in [0, 0.1) is 10.1 Å². The predicted octanol–water partition coefficient (Wildman–Crippen LogP) is 2.70. The van der Waals surface area contributed by atoms with Gasteiger partial charge in [0, 0.05) is 6.07 Å². The quantitative estimate of drug-likeness (QED) is 0.626. The third-order valence-electron chi connectivity index (χ3n) is 2.11. The molecule has 0 bridgehead atoms. The number of ether oxygens (including phenoxy) is 1. The van der Waals surface area contributed by atoms with Gasteiger partial charge in [-0.05, 0) is 24.6 Å². The molecular formula is C10H8ClN3O4. The van der Waals surface area contributed by atoms with E-state index in [9.17, 15) is 10.1 Å². The molecule has 2 rings (SSSR count). The number of hydrogen-bond donors (Lipinski definition) is 0. The fourth-order valence-electron chi connectivity index (χ4n) is 1.45. The maximum absolute atomic E-state index is 10.9. The van der Waals surface area contributed by atoms with Crippen LogP contribution in [0.5, 0.6) is 5.75 Å². The summed E-state index contributed by atoms with van der Waals surface area (Å²) in [7, 11) is 0. The molecule has 0 saturated carbocycles. The molecule has 0 spiro atoms. The Bertz CT molecular complexity index is 584. The van der Waals surface area contributed by atoms with Gasteiger partial charge in [-0.2, -0.15) is 0 Å². The van der Waals surface area contributed by atoms with E-state index in [0.717, 1.165) is 0 Å². The Kier molecular flexibility index (Phi) is 3.42. The summed E-state index contributed by atoms with van der Waals surface area (Å²) in [4.78, 5) is 10.4. The molecule has 1 aromatic carbocycles. The molecule has 18 heavy (non-hydrogen) atoms. The zero-order valence-electron chi connectivity index (χ0n) is 9.29. The van der Waals surface area contributed by atoms with Crippen molar-refractivity contribution in [3.8, 4) is 17.2 Å². The third kappa shape index (κ3) is 2.25. The molecule has 0 N–H and O–H groups in total. The molecule has 0 atom stereocenters. The molecule has 0 saturated heterocycles. The molecule has 2 aromatic rings. The second kappa shape index (κ2) is 5.01. The standard InChI is InChI=1S/C10H8ClN3O4/c1-2-17-8-6(9-12-13-10(11)18-9)4-3-5-7(8)14(15)16/h3-5H,2H2,1H3. The van der Waals surface area contributed by atoms with Crippen LogP contribution in [-0.4, -0.2) is 21.7 Å². The second-order valence-corrected chi connectivity index (χ2v) is 3.53. The molecule has 1 heterocycles. The SMILES string of the molecule is CCOc1c(-c2nnc(Cl)o2)cccc1[N+](=O)[O-]. The molecule has 0 unspecified atom stereocenters. The van der Waals surface area contributed by atoms with Gasteiger partial charge in [-0.1, -0.05) is 11.2 Å². The normalized spacial score (nSPS) is 10.3. The molecule has 7 nitrogen and oxygen atoms in total. The van der Waals surface area contributed by atoms with Crippen molar-refractivity contribution in [1.29, 1.82) is 0 Å². The van der Waals surface area contributed by atoms with Crippen molar-refractivity contribution >= 4 is 17.3 Å². The van der Waals surface area contributed by atoms with E-state index in [0.29, 0.717) is 5.56 Å². The van der Waals surface area contributed by atoms with Crippen LogP contribution in [0.1, 0.15) is 6.92 Å². The topological polar surface area (TPSA) is 91.3 Å². The lowest BCUT2D eigenvalue weighted by Gasteiger charge is -2.07. The number of aromatic nitrogens is 2. The van der Waals surface area contributed by atoms with Gasteiger partial charge >= 0.3 is 11.0 Å². The van der Waals surface area contributed by atoms with E-state index in [1.807, 2.05) is 0 Å². The fraction of sp³-hybridized carbons (Fsp3) is 0.200. The average molecular weight is 270 g/mol. The van der Waals surface area contributed by atoms with Crippen molar-refractivity contribution in [2.75, 3.05) is 6.61 Å². The van der Waals surface area contributed by atoms with Crippen LogP contribution in [0.4, 0.5) is 5.69 Å². The lowest BCUT2D eigenvalue weighted by atomic mass is 10.1. The number of halogens is 1. The minimum atomic E-state index is -0.535. The van der Waals surface area contributed by atoms with E-state index < -0.39 is 4.92 Å². The number of rotatable bonds is 4. The smallest absolute Gasteiger partial charge is 0.313 e. The minimum Gasteiger partial charge on any atom is -0.487 e. The number of benzene rings is 1. The minimum absolute atomic E-state index is 0.0761. The molecule has 0 aliphatic carbocycles. The van der Waals surface area contributed by atoms with Gasteiger partial charge in [-0.25, -0.2) is 0 Å². The van der Waals surface area contributed by atoms with Gasteiger partial charge in [-0.15, -0.1) is 5.10 Å². The first-order valence-corrected chi connectivity index (χ1v) is 5.41. The van der Waals surface area contributed by atoms with Gasteiger partial charge in [0.15, 0.2) is 0 Å². The van der Waals surface area contributed by atoms with Crippen LogP contribution in [0.3, 0.4) is 0 Å². The largest absolute Gasteiger partial charge is 0.487 e. The van der Waals surface area contributed by atoms with E-state index in [1.165, 1.54) is 12.1 Å². The first kappa shape index (κ1) is 12.3. The Hall–Kier alpha value is -2.15. The number of nitrogens with zero attached hydrogens (tertiary/aromatic N) is 3. The van der Waals surface area contributed by atoms with Gasteiger partial charge < -0.3 is 9.15 Å². The Morgan fingerprint density at radius 2 is 2.28 bits per heavy atom. The van der Waals surface area contributed by atoms with Crippen molar-refractivity contribution < 1.29 is 14.1 Å². The first-order chi connectivity index (χ1) is 8.63. The lowest BCUT2D eigenvalue weighted by molar-refractivity contribution is -0.385. The average Bonchev–Trinajstić information content (AvgIpc) is 2.76. The highest BCUT2D eigenvalue weighted by Gasteiger charge is 2.22. The van der Waals surface area contributed by atoms with Crippen molar-refractivity contribution in [3.63, 3.8) is 0 Å². The number of hydrogen-bond acceptors (Lipinski definition) is 6. The van der Waals surface area contributed by atoms with Crippen LogP contribution >= 0.6 is 11.6 Å². The Morgan fingerprint density at radius 1 is 1.50 bits per heavy atom. The first-order valence-electron chi connectivity index (χ1n) is 5.03. The van der Waals surface area contributed by atoms with Crippen molar-refractivity contribution in [2.24, 2.45) is 0 Å². The van der Waals surface area contributed by atoms with Gasteiger partial charge in [0.05, 0.1) is 17.1 Å². The molecular weight excluding hydrogens is 262 g/mol. The number of nitro benzene ring substituents is 1. The summed E-state index contributed by atoms with van der Waals surface area (Å²) in [6.07, 6.45) is 0. The number of nitro groups is 1. The van der Waals surface area contributed by atoms with Crippen LogP contribution < -0.4 is 4.74 Å². The molecule has 0 amide bonds. The summed E-state index contributed by atoms with van der Waals surface area (Å²) in [5.74, 6) is 0.164. The van der Waals surface area contributed by atoms with Gasteiger partial charge in [0.1, 0.15) is 0 Å². The highest BCUT2D eigenvalue weighted by molar-refractivity contribution is 6.27. The van der Waals surface area contributed by atoms with Crippen LogP contribution in [0.2, 0.25) is 5.35 Å². The molecule has 0 aliphatic heterocycles. The van der Waals surface area contributed by atoms with Gasteiger partial charge in [-0.3, -0.25) is 10.1 Å². The molecule has 0 fully saturated rings. The molecule has 0 aliphatic rings. The summed E-state index contributed by atoms with van der Waals surface area (Å²) >= 11 is 5.53. The van der Waals surface area contributed by atoms with Crippen molar-refractivity contribution in [1.82, 2.24) is 10.2 Å². The summed E-state index contributed by atoms with van der Waals surface area (Å²) in [5, 5.41) is 17.9. The molecule has 1 aromatic heterocycles. The van der Waals surface area contributed by atoms with E-state index in [4.69, 9.17) is 20.8 Å². The van der Waals surface area contributed by atoms with Crippen LogP contribution in [-0.2, 0) is 0 Å². The summed E-state index contributed by atoms with van der Waals surface area (Å²) in [5.41, 5.74) is 0.175. The highest BCUT2D eigenvalue weighted by Crippen LogP contribution is 2.37. The second-order valence-electron chi connectivity index (χ2n) is 3.20. The van der Waals surface area contributed by atoms with E-state index >= 15 is 0 Å². The predicted molar refractivity (Wildman–Crippen MR) is 62.6 cm³/mol. The lowest BCUT2D eigenvalue weighted by Crippen LogP contribution is -1.99. The van der Waals surface area contributed by atoms with Crippen molar-refractivity contribution in [3.05, 3.63) is 33.7 Å². The summed E-state index contributed by atoms with van der Waals surface area (Å²) in [6, 6.07) is 4.43.